The molecule has 4 atom stereocenters. The van der Waals surface area contributed by atoms with Gasteiger partial charge in [0.15, 0.2) is 23.1 Å². The highest BCUT2D eigenvalue weighted by atomic mass is 16.6. The van der Waals surface area contributed by atoms with Crippen molar-refractivity contribution in [1.29, 1.82) is 0 Å². The number of aryl methyl sites for hydroxylation is 1. The molecule has 5 N–H and O–H groups in total. The molecule has 3 rings (SSSR count). The molecule has 114 valence electrons. The number of nitrogen functional groups attached to an aromatic ring is 1. The summed E-state index contributed by atoms with van der Waals surface area (Å²) in [6.45, 7) is -0.502. The highest BCUT2D eigenvalue weighted by molar-refractivity contribution is 5.83. The van der Waals surface area contributed by atoms with E-state index in [1.807, 2.05) is 0 Å². The van der Waals surface area contributed by atoms with Crippen LogP contribution in [0.15, 0.2) is 4.79 Å². The van der Waals surface area contributed by atoms with Crippen molar-refractivity contribution in [3.05, 3.63) is 10.4 Å². The minimum atomic E-state index is -1.42. The number of rotatable bonds is 2. The Morgan fingerprint density at radius 1 is 1.38 bits per heavy atom. The maximum Gasteiger partial charge on any atom is 0.298 e. The first kappa shape index (κ1) is 13.9. The predicted molar refractivity (Wildman–Crippen MR) is 68.0 cm³/mol. The zero-order valence-electron chi connectivity index (χ0n) is 11.0. The van der Waals surface area contributed by atoms with E-state index in [1.165, 1.54) is 11.7 Å². The van der Waals surface area contributed by atoms with Gasteiger partial charge in [-0.3, -0.25) is 9.48 Å². The van der Waals surface area contributed by atoms with Crippen molar-refractivity contribution in [3.63, 3.8) is 0 Å². The van der Waals surface area contributed by atoms with Crippen LogP contribution < -0.4 is 11.3 Å². The van der Waals surface area contributed by atoms with Crippen LogP contribution >= 0.6 is 0 Å². The Hall–Kier alpha value is -2.08. The molecule has 0 spiro atoms. The molecular weight excluding hydrogens is 284 g/mol. The molecule has 3 heterocycles. The molecule has 1 aliphatic heterocycles. The van der Waals surface area contributed by atoms with Gasteiger partial charge in [-0.25, -0.2) is 0 Å². The fraction of sp³-hybridized carbons (Fsp3) is 0.600. The van der Waals surface area contributed by atoms with Crippen molar-refractivity contribution in [2.45, 2.75) is 24.5 Å². The molecule has 2 aromatic rings. The molecule has 0 aliphatic carbocycles. The summed E-state index contributed by atoms with van der Waals surface area (Å²) in [5.74, 6) is 0.0606. The fourth-order valence-corrected chi connectivity index (χ4v) is 2.36. The van der Waals surface area contributed by atoms with Crippen molar-refractivity contribution in [1.82, 2.24) is 24.8 Å². The number of aliphatic hydroxyl groups is 3. The van der Waals surface area contributed by atoms with Crippen molar-refractivity contribution in [2.24, 2.45) is 7.05 Å². The van der Waals surface area contributed by atoms with Crippen LogP contribution in [0.2, 0.25) is 0 Å². The lowest BCUT2D eigenvalue weighted by Crippen LogP contribution is -2.37. The van der Waals surface area contributed by atoms with Gasteiger partial charge in [0.1, 0.15) is 18.3 Å². The maximum absolute atomic E-state index is 12.4. The molecule has 0 aromatic carbocycles. The summed E-state index contributed by atoms with van der Waals surface area (Å²) in [6, 6.07) is 0. The first-order valence-corrected chi connectivity index (χ1v) is 6.15. The number of anilines is 1. The molecule has 1 fully saturated rings. The van der Waals surface area contributed by atoms with Crippen LogP contribution in [0.3, 0.4) is 0 Å². The predicted octanol–water partition coefficient (Wildman–Crippen LogP) is -3.28. The van der Waals surface area contributed by atoms with Crippen LogP contribution in [0.4, 0.5) is 5.82 Å². The summed E-state index contributed by atoms with van der Waals surface area (Å²) in [5.41, 5.74) is 5.22. The highest BCUT2D eigenvalue weighted by Gasteiger charge is 2.44. The van der Waals surface area contributed by atoms with E-state index in [9.17, 15) is 15.0 Å². The largest absolute Gasteiger partial charge is 0.394 e. The Bertz CT molecular complexity index is 741. The summed E-state index contributed by atoms with van der Waals surface area (Å²) in [7, 11) is 1.52. The average molecular weight is 298 g/mol. The standard InChI is InChI=1S/C10H14N6O5/c1-15-5-4(8(11)13-15)12-14-16(9(5)20)10-7(19)6(18)3(2-17)21-10/h3,6-7,10,17-19H,2H2,1H3,(H2,11,13). The summed E-state index contributed by atoms with van der Waals surface area (Å²) < 4.78 is 7.30. The topological polar surface area (TPSA) is 162 Å². The van der Waals surface area contributed by atoms with Crippen LogP contribution in [0.1, 0.15) is 6.23 Å². The van der Waals surface area contributed by atoms with Gasteiger partial charge in [0.2, 0.25) is 0 Å². The van der Waals surface area contributed by atoms with E-state index in [1.54, 1.807) is 0 Å². The number of nitrogens with zero attached hydrogens (tertiary/aromatic N) is 5. The third kappa shape index (κ3) is 1.90. The van der Waals surface area contributed by atoms with Crippen molar-refractivity contribution in [3.8, 4) is 0 Å². The Kier molecular flexibility index (Phi) is 3.13. The third-order valence-corrected chi connectivity index (χ3v) is 3.46. The lowest BCUT2D eigenvalue weighted by molar-refractivity contribution is -0.0619. The number of aliphatic hydroxyl groups excluding tert-OH is 3. The lowest BCUT2D eigenvalue weighted by atomic mass is 10.1. The molecular formula is C10H14N6O5. The number of ether oxygens (including phenoxy) is 1. The summed E-state index contributed by atoms with van der Waals surface area (Å²) in [6.07, 6.45) is -5.01. The Balaban J connectivity index is 2.12. The van der Waals surface area contributed by atoms with E-state index >= 15 is 0 Å². The maximum atomic E-state index is 12.4. The van der Waals surface area contributed by atoms with E-state index in [4.69, 9.17) is 15.6 Å². The first-order valence-electron chi connectivity index (χ1n) is 6.15. The molecule has 21 heavy (non-hydrogen) atoms. The van der Waals surface area contributed by atoms with E-state index in [0.717, 1.165) is 4.68 Å². The molecule has 0 saturated carbocycles. The molecule has 11 heteroatoms. The van der Waals surface area contributed by atoms with Gasteiger partial charge < -0.3 is 25.8 Å². The highest BCUT2D eigenvalue weighted by Crippen LogP contribution is 2.27. The number of hydrogen-bond acceptors (Lipinski definition) is 9. The molecule has 11 nitrogen and oxygen atoms in total. The van der Waals surface area contributed by atoms with Gasteiger partial charge in [-0.1, -0.05) is 5.21 Å². The summed E-state index contributed by atoms with van der Waals surface area (Å²) in [4.78, 5) is 12.4. The SMILES string of the molecule is Cn1nc(N)c2nnn(C3OC(CO)C(O)C3O)c(=O)c21. The van der Waals surface area contributed by atoms with Gasteiger partial charge >= 0.3 is 0 Å². The van der Waals surface area contributed by atoms with Crippen LogP contribution in [-0.2, 0) is 11.8 Å². The molecule has 2 aromatic heterocycles. The zero-order chi connectivity index (χ0) is 15.3. The lowest BCUT2D eigenvalue weighted by Gasteiger charge is -2.15. The van der Waals surface area contributed by atoms with Crippen LogP contribution in [-0.4, -0.2) is 65.0 Å². The minimum absolute atomic E-state index is 0.0606. The summed E-state index contributed by atoms with van der Waals surface area (Å²) in [5, 5.41) is 40.0. The third-order valence-electron chi connectivity index (χ3n) is 3.46. The Morgan fingerprint density at radius 3 is 2.71 bits per heavy atom. The minimum Gasteiger partial charge on any atom is -0.394 e. The van der Waals surface area contributed by atoms with Gasteiger partial charge in [0, 0.05) is 7.05 Å². The molecule has 0 radical (unpaired) electrons. The van der Waals surface area contributed by atoms with Gasteiger partial charge in [0.05, 0.1) is 6.61 Å². The molecule has 1 saturated heterocycles. The first-order chi connectivity index (χ1) is 9.95. The van der Waals surface area contributed by atoms with Gasteiger partial charge in [-0.15, -0.1) is 5.10 Å². The number of aromatic nitrogens is 5. The van der Waals surface area contributed by atoms with Gasteiger partial charge in [0.25, 0.3) is 5.56 Å². The number of nitrogens with two attached hydrogens (primary N) is 1. The second-order valence-corrected chi connectivity index (χ2v) is 4.77. The van der Waals surface area contributed by atoms with Crippen LogP contribution in [0, 0.1) is 0 Å². The Labute approximate surface area is 117 Å². The number of hydrogen-bond donors (Lipinski definition) is 4. The second kappa shape index (κ2) is 4.73. The monoisotopic (exact) mass is 298 g/mol. The number of fused-ring (bicyclic) bond motifs is 1. The zero-order valence-corrected chi connectivity index (χ0v) is 11.0. The van der Waals surface area contributed by atoms with E-state index in [-0.39, 0.29) is 16.9 Å². The van der Waals surface area contributed by atoms with E-state index < -0.39 is 36.7 Å². The smallest absolute Gasteiger partial charge is 0.298 e. The Morgan fingerprint density at radius 2 is 2.10 bits per heavy atom. The van der Waals surface area contributed by atoms with E-state index in [2.05, 4.69) is 15.4 Å². The molecule has 0 bridgehead atoms. The van der Waals surface area contributed by atoms with Crippen LogP contribution in [0.5, 0.6) is 0 Å². The quantitative estimate of drug-likeness (QED) is 0.445. The van der Waals surface area contributed by atoms with Gasteiger partial charge in [-0.2, -0.15) is 9.78 Å². The fourth-order valence-electron chi connectivity index (χ4n) is 2.36. The van der Waals surface area contributed by atoms with Crippen molar-refractivity contribution >= 4 is 16.9 Å². The van der Waals surface area contributed by atoms with Gasteiger partial charge in [-0.05, 0) is 0 Å². The van der Waals surface area contributed by atoms with Crippen molar-refractivity contribution in [2.75, 3.05) is 12.3 Å². The summed E-state index contributed by atoms with van der Waals surface area (Å²) >= 11 is 0. The second-order valence-electron chi connectivity index (χ2n) is 4.77. The normalized spacial score (nSPS) is 29.3. The average Bonchev–Trinajstić information content (AvgIpc) is 2.90. The molecule has 0 amide bonds. The molecule has 1 aliphatic rings. The molecule has 4 unspecified atom stereocenters. The van der Waals surface area contributed by atoms with E-state index in [0.29, 0.717) is 0 Å². The van der Waals surface area contributed by atoms with Crippen molar-refractivity contribution < 1.29 is 20.1 Å². The van der Waals surface area contributed by atoms with Crippen LogP contribution in [0.25, 0.3) is 11.0 Å².